The van der Waals surface area contributed by atoms with Crippen LogP contribution in [0.4, 0.5) is 31.9 Å². The summed E-state index contributed by atoms with van der Waals surface area (Å²) in [5, 5.41) is 14.3. The Morgan fingerprint density at radius 2 is 1.93 bits per heavy atom. The van der Waals surface area contributed by atoms with Crippen molar-refractivity contribution in [2.45, 2.75) is 12.8 Å². The zero-order chi connectivity index (χ0) is 20.5. The van der Waals surface area contributed by atoms with Crippen molar-refractivity contribution in [2.75, 3.05) is 29.0 Å². The van der Waals surface area contributed by atoms with E-state index in [4.69, 9.17) is 0 Å². The Hall–Kier alpha value is -3.75. The Morgan fingerprint density at radius 3 is 2.77 bits per heavy atom. The lowest BCUT2D eigenvalue weighted by Gasteiger charge is -2.13. The number of nitrogens with one attached hydrogen (secondary N) is 3. The molecule has 0 bridgehead atoms. The number of anilines is 4. The maximum Gasteiger partial charge on any atom is 0.255 e. The van der Waals surface area contributed by atoms with Crippen LogP contribution in [0, 0.1) is 0 Å². The highest BCUT2D eigenvalue weighted by Crippen LogP contribution is 2.33. The second kappa shape index (κ2) is 7.58. The molecule has 3 N–H and O–H groups in total. The van der Waals surface area contributed by atoms with Crippen molar-refractivity contribution in [3.05, 3.63) is 60.3 Å². The summed E-state index contributed by atoms with van der Waals surface area (Å²) in [6.45, 7) is 0.361. The largest absolute Gasteiger partial charge is 0.383 e. The summed E-state index contributed by atoms with van der Waals surface area (Å²) in [7, 11) is 0. The molecular formula is C21H19F2N7. The van der Waals surface area contributed by atoms with Gasteiger partial charge in [0.15, 0.2) is 5.65 Å². The molecule has 3 heterocycles. The molecule has 7 nitrogen and oxygen atoms in total. The van der Waals surface area contributed by atoms with Crippen LogP contribution in [-0.2, 0) is 6.42 Å². The van der Waals surface area contributed by atoms with Gasteiger partial charge >= 0.3 is 0 Å². The average molecular weight is 407 g/mol. The van der Waals surface area contributed by atoms with Crippen molar-refractivity contribution in [1.82, 2.24) is 19.7 Å². The molecule has 1 aliphatic rings. The van der Waals surface area contributed by atoms with E-state index < -0.39 is 13.0 Å². The molecule has 2 aromatic carbocycles. The maximum absolute atomic E-state index is 12.8. The van der Waals surface area contributed by atoms with Crippen LogP contribution < -0.4 is 16.0 Å². The van der Waals surface area contributed by atoms with Gasteiger partial charge in [-0.15, -0.1) is 0 Å². The molecule has 0 spiro atoms. The standard InChI is InChI=1S/C21H19F2N7/c22-17(23)12-25-19-15-11-26-30(14-6-2-1-3-7-14)20(15)29-21(28-19)27-16-8-4-5-13-9-10-24-18(13)16/h1-8,11,17,24H,9-10,12H2,(H2,25,27,28,29). The second-order valence-corrected chi connectivity index (χ2v) is 6.94. The van der Waals surface area contributed by atoms with Gasteiger partial charge in [0.05, 0.1) is 35.2 Å². The summed E-state index contributed by atoms with van der Waals surface area (Å²) in [5.41, 5.74) is 4.41. The SMILES string of the molecule is FC(F)CNc1nc(Nc2cccc3c2NCC3)nc2c1cnn2-c1ccccc1. The summed E-state index contributed by atoms with van der Waals surface area (Å²) in [5.74, 6) is 0.615. The zero-order valence-corrected chi connectivity index (χ0v) is 15.9. The molecule has 0 atom stereocenters. The van der Waals surface area contributed by atoms with E-state index in [1.807, 2.05) is 42.5 Å². The van der Waals surface area contributed by atoms with Gasteiger partial charge < -0.3 is 16.0 Å². The van der Waals surface area contributed by atoms with Gasteiger partial charge in [-0.2, -0.15) is 15.1 Å². The Labute approximate surface area is 171 Å². The van der Waals surface area contributed by atoms with Crippen LogP contribution >= 0.6 is 0 Å². The number of hydrogen-bond acceptors (Lipinski definition) is 6. The summed E-state index contributed by atoms with van der Waals surface area (Å²) in [6, 6.07) is 15.5. The van der Waals surface area contributed by atoms with Crippen LogP contribution in [0.2, 0.25) is 0 Å². The minimum atomic E-state index is -2.50. The Morgan fingerprint density at radius 1 is 1.07 bits per heavy atom. The van der Waals surface area contributed by atoms with Gasteiger partial charge in [0.25, 0.3) is 6.43 Å². The molecule has 0 radical (unpaired) electrons. The minimum absolute atomic E-state index is 0.305. The van der Waals surface area contributed by atoms with Crippen molar-refractivity contribution in [3.8, 4) is 5.69 Å². The van der Waals surface area contributed by atoms with Crippen molar-refractivity contribution in [2.24, 2.45) is 0 Å². The van der Waals surface area contributed by atoms with E-state index in [1.54, 1.807) is 10.9 Å². The van der Waals surface area contributed by atoms with Crippen molar-refractivity contribution < 1.29 is 8.78 Å². The summed E-state index contributed by atoms with van der Waals surface area (Å²) in [6.07, 6.45) is 0.0335. The van der Waals surface area contributed by atoms with E-state index in [0.717, 1.165) is 30.0 Å². The third-order valence-corrected chi connectivity index (χ3v) is 4.95. The van der Waals surface area contributed by atoms with E-state index in [-0.39, 0.29) is 0 Å². The average Bonchev–Trinajstić information content (AvgIpc) is 3.40. The highest BCUT2D eigenvalue weighted by atomic mass is 19.3. The molecule has 0 amide bonds. The maximum atomic E-state index is 12.8. The van der Waals surface area contributed by atoms with E-state index in [9.17, 15) is 8.78 Å². The molecule has 152 valence electrons. The number of alkyl halides is 2. The van der Waals surface area contributed by atoms with E-state index >= 15 is 0 Å². The first-order chi connectivity index (χ1) is 14.7. The summed E-state index contributed by atoms with van der Waals surface area (Å²) < 4.78 is 27.3. The normalized spacial score (nSPS) is 12.8. The molecular weight excluding hydrogens is 388 g/mol. The third kappa shape index (κ3) is 3.38. The van der Waals surface area contributed by atoms with Crippen LogP contribution in [-0.4, -0.2) is 39.3 Å². The van der Waals surface area contributed by atoms with Crippen LogP contribution in [0.1, 0.15) is 5.56 Å². The number of hydrogen-bond donors (Lipinski definition) is 3. The monoisotopic (exact) mass is 407 g/mol. The third-order valence-electron chi connectivity index (χ3n) is 4.95. The van der Waals surface area contributed by atoms with Crippen molar-refractivity contribution in [1.29, 1.82) is 0 Å². The molecule has 0 saturated carbocycles. The van der Waals surface area contributed by atoms with Gasteiger partial charge in [0, 0.05) is 6.54 Å². The quantitative estimate of drug-likeness (QED) is 0.445. The molecule has 0 unspecified atom stereocenters. The molecule has 0 fully saturated rings. The first-order valence-corrected chi connectivity index (χ1v) is 9.65. The summed E-state index contributed by atoms with van der Waals surface area (Å²) >= 11 is 0. The van der Waals surface area contributed by atoms with E-state index in [0.29, 0.717) is 22.8 Å². The number of para-hydroxylation sites is 2. The number of benzene rings is 2. The molecule has 2 aromatic heterocycles. The predicted molar refractivity (Wildman–Crippen MR) is 113 cm³/mol. The second-order valence-electron chi connectivity index (χ2n) is 6.94. The van der Waals surface area contributed by atoms with Crippen LogP contribution in [0.5, 0.6) is 0 Å². The number of nitrogens with zero attached hydrogens (tertiary/aromatic N) is 4. The molecule has 0 saturated heterocycles. The Bertz CT molecular complexity index is 1190. The van der Waals surface area contributed by atoms with Crippen LogP contribution in [0.15, 0.2) is 54.7 Å². The lowest BCUT2D eigenvalue weighted by atomic mass is 10.1. The van der Waals surface area contributed by atoms with Gasteiger partial charge in [-0.3, -0.25) is 0 Å². The lowest BCUT2D eigenvalue weighted by molar-refractivity contribution is 0.163. The number of halogens is 2. The molecule has 30 heavy (non-hydrogen) atoms. The van der Waals surface area contributed by atoms with Gasteiger partial charge in [-0.05, 0) is 30.2 Å². The van der Waals surface area contributed by atoms with Crippen molar-refractivity contribution >= 4 is 34.2 Å². The number of fused-ring (bicyclic) bond motifs is 2. The fourth-order valence-corrected chi connectivity index (χ4v) is 3.59. The highest BCUT2D eigenvalue weighted by Gasteiger charge is 2.18. The first-order valence-electron chi connectivity index (χ1n) is 9.65. The molecule has 1 aliphatic heterocycles. The highest BCUT2D eigenvalue weighted by molar-refractivity contribution is 5.89. The molecule has 4 aromatic rings. The van der Waals surface area contributed by atoms with Crippen molar-refractivity contribution in [3.63, 3.8) is 0 Å². The lowest BCUT2D eigenvalue weighted by Crippen LogP contribution is -2.13. The minimum Gasteiger partial charge on any atom is -0.383 e. The first kappa shape index (κ1) is 18.3. The van der Waals surface area contributed by atoms with Gasteiger partial charge in [0.1, 0.15) is 5.82 Å². The van der Waals surface area contributed by atoms with E-state index in [2.05, 4.69) is 37.1 Å². The fraction of sp³-hybridized carbons (Fsp3) is 0.190. The zero-order valence-electron chi connectivity index (χ0n) is 15.9. The van der Waals surface area contributed by atoms with Gasteiger partial charge in [-0.1, -0.05) is 30.3 Å². The number of rotatable bonds is 6. The molecule has 9 heteroatoms. The Balaban J connectivity index is 1.60. The van der Waals surface area contributed by atoms with E-state index in [1.165, 1.54) is 5.56 Å². The molecule has 5 rings (SSSR count). The van der Waals surface area contributed by atoms with Crippen LogP contribution in [0.3, 0.4) is 0 Å². The topological polar surface area (TPSA) is 79.7 Å². The van der Waals surface area contributed by atoms with Gasteiger partial charge in [-0.25, -0.2) is 13.5 Å². The smallest absolute Gasteiger partial charge is 0.255 e. The van der Waals surface area contributed by atoms with Gasteiger partial charge in [0.2, 0.25) is 5.95 Å². The number of aromatic nitrogens is 4. The molecule has 0 aliphatic carbocycles. The fourth-order valence-electron chi connectivity index (χ4n) is 3.59. The Kier molecular flexibility index (Phi) is 4.62. The predicted octanol–water partition coefficient (Wildman–Crippen LogP) is 4.20. The van der Waals surface area contributed by atoms with Crippen LogP contribution in [0.25, 0.3) is 16.7 Å². The summed E-state index contributed by atoms with van der Waals surface area (Å²) in [4.78, 5) is 9.10.